The van der Waals surface area contributed by atoms with Gasteiger partial charge in [-0.1, -0.05) is 0 Å². The van der Waals surface area contributed by atoms with Crippen molar-refractivity contribution in [1.82, 2.24) is 9.88 Å². The molecular formula is C8H12N2O. The number of nitrogens with one attached hydrogen (secondary N) is 1. The fourth-order valence-corrected chi connectivity index (χ4v) is 1.34. The lowest BCUT2D eigenvalue weighted by molar-refractivity contribution is 0.114. The molecule has 1 N–H and O–H groups in total. The highest BCUT2D eigenvalue weighted by atomic mass is 16.5. The molecule has 1 aromatic heterocycles. The van der Waals surface area contributed by atoms with Gasteiger partial charge in [-0.15, -0.1) is 0 Å². The molecule has 3 nitrogen and oxygen atoms in total. The Morgan fingerprint density at radius 3 is 3.18 bits per heavy atom. The first kappa shape index (κ1) is 6.88. The van der Waals surface area contributed by atoms with Gasteiger partial charge in [0.2, 0.25) is 0 Å². The number of rotatable bonds is 1. The SMILES string of the molecule is Cn1ccc(C2CNCO2)c1. The Labute approximate surface area is 66.0 Å². The molecule has 11 heavy (non-hydrogen) atoms. The first-order chi connectivity index (χ1) is 5.36. The molecule has 1 fully saturated rings. The van der Waals surface area contributed by atoms with Gasteiger partial charge in [0.25, 0.3) is 0 Å². The Hall–Kier alpha value is -0.800. The fraction of sp³-hybridized carbons (Fsp3) is 0.500. The van der Waals surface area contributed by atoms with Crippen LogP contribution in [0.25, 0.3) is 0 Å². The first-order valence-corrected chi connectivity index (χ1v) is 3.80. The molecule has 0 saturated carbocycles. The summed E-state index contributed by atoms with van der Waals surface area (Å²) in [6.07, 6.45) is 4.39. The molecule has 1 aliphatic heterocycles. The van der Waals surface area contributed by atoms with Crippen molar-refractivity contribution >= 4 is 0 Å². The van der Waals surface area contributed by atoms with Crippen LogP contribution in [-0.2, 0) is 11.8 Å². The standard InChI is InChI=1S/C8H12N2O/c1-10-3-2-7(5-10)8-4-9-6-11-8/h2-3,5,8-9H,4,6H2,1H3. The third-order valence-corrected chi connectivity index (χ3v) is 1.94. The molecule has 0 spiro atoms. The number of aryl methyl sites for hydroxylation is 1. The Kier molecular flexibility index (Phi) is 1.68. The van der Waals surface area contributed by atoms with Gasteiger partial charge in [0, 0.05) is 26.0 Å². The number of hydrogen-bond acceptors (Lipinski definition) is 2. The molecule has 60 valence electrons. The van der Waals surface area contributed by atoms with Gasteiger partial charge in [-0.2, -0.15) is 0 Å². The average molecular weight is 152 g/mol. The number of nitrogens with zero attached hydrogens (tertiary/aromatic N) is 1. The van der Waals surface area contributed by atoms with Crippen LogP contribution in [0.4, 0.5) is 0 Å². The zero-order valence-electron chi connectivity index (χ0n) is 6.58. The van der Waals surface area contributed by atoms with E-state index in [1.807, 2.05) is 17.8 Å². The molecule has 3 heteroatoms. The molecule has 1 aromatic rings. The van der Waals surface area contributed by atoms with E-state index < -0.39 is 0 Å². The molecule has 0 bridgehead atoms. The Bertz CT molecular complexity index is 238. The highest BCUT2D eigenvalue weighted by molar-refractivity contribution is 5.14. The van der Waals surface area contributed by atoms with Crippen LogP contribution in [0.2, 0.25) is 0 Å². The van der Waals surface area contributed by atoms with E-state index in [0.29, 0.717) is 6.73 Å². The molecule has 0 radical (unpaired) electrons. The maximum atomic E-state index is 5.43. The lowest BCUT2D eigenvalue weighted by Gasteiger charge is -2.03. The smallest absolute Gasteiger partial charge is 0.0982 e. The predicted molar refractivity (Wildman–Crippen MR) is 42.1 cm³/mol. The second kappa shape index (κ2) is 2.68. The summed E-state index contributed by atoms with van der Waals surface area (Å²) in [6, 6.07) is 2.09. The van der Waals surface area contributed by atoms with Gasteiger partial charge in [0.05, 0.1) is 12.8 Å². The summed E-state index contributed by atoms with van der Waals surface area (Å²) in [5, 5.41) is 3.15. The maximum absolute atomic E-state index is 5.43. The van der Waals surface area contributed by atoms with Crippen LogP contribution in [0.3, 0.4) is 0 Å². The monoisotopic (exact) mass is 152 g/mol. The van der Waals surface area contributed by atoms with Gasteiger partial charge in [0.15, 0.2) is 0 Å². The summed E-state index contributed by atoms with van der Waals surface area (Å²) in [7, 11) is 2.02. The van der Waals surface area contributed by atoms with E-state index in [0.717, 1.165) is 6.54 Å². The van der Waals surface area contributed by atoms with Crippen LogP contribution in [0.1, 0.15) is 11.7 Å². The predicted octanol–water partition coefficient (Wildman–Crippen LogP) is 0.643. The topological polar surface area (TPSA) is 26.2 Å². The van der Waals surface area contributed by atoms with Gasteiger partial charge in [-0.05, 0) is 11.6 Å². The quantitative estimate of drug-likeness (QED) is 0.639. The largest absolute Gasteiger partial charge is 0.357 e. The van der Waals surface area contributed by atoms with Crippen LogP contribution < -0.4 is 5.32 Å². The van der Waals surface area contributed by atoms with Crippen molar-refractivity contribution < 1.29 is 4.74 Å². The Morgan fingerprint density at radius 2 is 2.64 bits per heavy atom. The van der Waals surface area contributed by atoms with Crippen molar-refractivity contribution in [2.45, 2.75) is 6.10 Å². The lowest BCUT2D eigenvalue weighted by atomic mass is 10.2. The normalized spacial score (nSPS) is 24.3. The summed E-state index contributed by atoms with van der Waals surface area (Å²) in [5.41, 5.74) is 1.26. The minimum absolute atomic E-state index is 0.260. The van der Waals surface area contributed by atoms with Crippen molar-refractivity contribution in [2.24, 2.45) is 7.05 Å². The fourth-order valence-electron chi connectivity index (χ4n) is 1.34. The second-order valence-electron chi connectivity index (χ2n) is 2.86. The van der Waals surface area contributed by atoms with Crippen LogP contribution in [0.15, 0.2) is 18.5 Å². The highest BCUT2D eigenvalue weighted by Gasteiger charge is 2.17. The third-order valence-electron chi connectivity index (χ3n) is 1.94. The van der Waals surface area contributed by atoms with Gasteiger partial charge < -0.3 is 9.30 Å². The van der Waals surface area contributed by atoms with E-state index in [-0.39, 0.29) is 6.10 Å². The van der Waals surface area contributed by atoms with Crippen molar-refractivity contribution in [3.05, 3.63) is 24.0 Å². The van der Waals surface area contributed by atoms with E-state index in [9.17, 15) is 0 Å². The molecule has 2 heterocycles. The van der Waals surface area contributed by atoms with E-state index in [4.69, 9.17) is 4.74 Å². The molecule has 1 aliphatic rings. The lowest BCUT2D eigenvalue weighted by Crippen LogP contribution is -2.07. The van der Waals surface area contributed by atoms with E-state index >= 15 is 0 Å². The highest BCUT2D eigenvalue weighted by Crippen LogP contribution is 2.18. The number of aromatic nitrogens is 1. The molecule has 1 saturated heterocycles. The number of ether oxygens (including phenoxy) is 1. The minimum Gasteiger partial charge on any atom is -0.357 e. The minimum atomic E-state index is 0.260. The molecule has 0 amide bonds. The molecule has 2 rings (SSSR count). The van der Waals surface area contributed by atoms with Crippen LogP contribution >= 0.6 is 0 Å². The average Bonchev–Trinajstić information content (AvgIpc) is 2.55. The Morgan fingerprint density at radius 1 is 1.73 bits per heavy atom. The van der Waals surface area contributed by atoms with Crippen molar-refractivity contribution in [3.63, 3.8) is 0 Å². The van der Waals surface area contributed by atoms with Crippen molar-refractivity contribution in [1.29, 1.82) is 0 Å². The van der Waals surface area contributed by atoms with Crippen molar-refractivity contribution in [2.75, 3.05) is 13.3 Å². The second-order valence-corrected chi connectivity index (χ2v) is 2.86. The third kappa shape index (κ3) is 1.29. The molecule has 1 atom stereocenters. The molecule has 1 unspecified atom stereocenters. The van der Waals surface area contributed by atoms with Gasteiger partial charge in [-0.25, -0.2) is 0 Å². The van der Waals surface area contributed by atoms with E-state index in [2.05, 4.69) is 17.6 Å². The first-order valence-electron chi connectivity index (χ1n) is 3.80. The van der Waals surface area contributed by atoms with Crippen LogP contribution in [0.5, 0.6) is 0 Å². The zero-order valence-corrected chi connectivity index (χ0v) is 6.58. The van der Waals surface area contributed by atoms with Gasteiger partial charge in [0.1, 0.15) is 0 Å². The summed E-state index contributed by atoms with van der Waals surface area (Å²) in [4.78, 5) is 0. The van der Waals surface area contributed by atoms with Gasteiger partial charge >= 0.3 is 0 Å². The summed E-state index contributed by atoms with van der Waals surface area (Å²) < 4.78 is 7.47. The maximum Gasteiger partial charge on any atom is 0.0982 e. The van der Waals surface area contributed by atoms with Crippen LogP contribution in [-0.4, -0.2) is 17.8 Å². The zero-order chi connectivity index (χ0) is 7.68. The summed E-state index contributed by atoms with van der Waals surface area (Å²) in [6.45, 7) is 1.61. The number of hydrogen-bond donors (Lipinski definition) is 1. The molecular weight excluding hydrogens is 140 g/mol. The van der Waals surface area contributed by atoms with Crippen molar-refractivity contribution in [3.8, 4) is 0 Å². The molecule has 0 aromatic carbocycles. The van der Waals surface area contributed by atoms with Crippen LogP contribution in [0, 0.1) is 0 Å². The van der Waals surface area contributed by atoms with E-state index in [1.54, 1.807) is 0 Å². The van der Waals surface area contributed by atoms with Gasteiger partial charge in [-0.3, -0.25) is 5.32 Å². The summed E-state index contributed by atoms with van der Waals surface area (Å²) >= 11 is 0. The van der Waals surface area contributed by atoms with E-state index in [1.165, 1.54) is 5.56 Å². The Balaban J connectivity index is 2.15. The molecule has 0 aliphatic carbocycles. The summed E-state index contributed by atoms with van der Waals surface area (Å²) in [5.74, 6) is 0.